The molecule has 2 amide bonds. The zero-order valence-electron chi connectivity index (χ0n) is 16.4. The first kappa shape index (κ1) is 19.7. The second-order valence-corrected chi connectivity index (χ2v) is 8.53. The minimum Gasteiger partial charge on any atom is -0.481 e. The maximum atomic E-state index is 13.2. The Morgan fingerprint density at radius 2 is 1.83 bits per heavy atom. The van der Waals surface area contributed by atoms with Gasteiger partial charge in [-0.25, -0.2) is 0 Å². The van der Waals surface area contributed by atoms with Crippen molar-refractivity contribution in [2.45, 2.75) is 25.3 Å². The van der Waals surface area contributed by atoms with Gasteiger partial charge in [0.15, 0.2) is 0 Å². The first-order valence-electron chi connectivity index (χ1n) is 10.3. The number of carbonyl (C=O) groups excluding carboxylic acids is 2. The summed E-state index contributed by atoms with van der Waals surface area (Å²) in [6.45, 7) is 3.21. The number of nitrogens with zero attached hydrogens (tertiary/aromatic N) is 2. The van der Waals surface area contributed by atoms with E-state index in [0.717, 1.165) is 18.7 Å². The highest BCUT2D eigenvalue weighted by atomic mass is 16.4. The highest BCUT2D eigenvalue weighted by molar-refractivity contribution is 5.89. The van der Waals surface area contributed by atoms with Gasteiger partial charge in [0, 0.05) is 44.3 Å². The van der Waals surface area contributed by atoms with Gasteiger partial charge in [-0.3, -0.25) is 14.4 Å². The van der Waals surface area contributed by atoms with Crippen LogP contribution in [0.25, 0.3) is 0 Å². The zero-order valence-corrected chi connectivity index (χ0v) is 16.4. The van der Waals surface area contributed by atoms with Crippen LogP contribution in [0, 0.1) is 17.3 Å². The van der Waals surface area contributed by atoms with Gasteiger partial charge in [0.05, 0.1) is 5.92 Å². The average molecular weight is 400 g/mol. The van der Waals surface area contributed by atoms with Crippen molar-refractivity contribution in [3.8, 4) is 0 Å². The van der Waals surface area contributed by atoms with Gasteiger partial charge in [0.1, 0.15) is 6.04 Å². The summed E-state index contributed by atoms with van der Waals surface area (Å²) in [5, 5.41) is 12.9. The van der Waals surface area contributed by atoms with Crippen molar-refractivity contribution < 1.29 is 19.5 Å². The fourth-order valence-electron chi connectivity index (χ4n) is 4.98. The monoisotopic (exact) mass is 400 g/mol. The van der Waals surface area contributed by atoms with Gasteiger partial charge in [0.2, 0.25) is 11.8 Å². The number of aliphatic carboxylic acids is 1. The summed E-state index contributed by atoms with van der Waals surface area (Å²) in [5.74, 6) is -2.65. The maximum Gasteiger partial charge on any atom is 0.308 e. The lowest BCUT2D eigenvalue weighted by Crippen LogP contribution is -2.58. The molecule has 0 aromatic heterocycles. The number of nitrogens with two attached hydrogens (primary N) is 1. The molecule has 3 aliphatic rings. The predicted octanol–water partition coefficient (Wildman–Crippen LogP) is 0.280. The van der Waals surface area contributed by atoms with Gasteiger partial charge < -0.3 is 26.0 Å². The van der Waals surface area contributed by atoms with Crippen molar-refractivity contribution in [3.05, 3.63) is 30.3 Å². The number of rotatable bonds is 4. The van der Waals surface area contributed by atoms with Crippen molar-refractivity contribution in [2.24, 2.45) is 23.0 Å². The molecule has 2 heterocycles. The Morgan fingerprint density at radius 3 is 2.48 bits per heavy atom. The number of hydrogen-bond acceptors (Lipinski definition) is 5. The molecule has 1 saturated carbocycles. The summed E-state index contributed by atoms with van der Waals surface area (Å²) >= 11 is 0. The summed E-state index contributed by atoms with van der Waals surface area (Å²) in [6, 6.07) is 9.35. The van der Waals surface area contributed by atoms with Crippen LogP contribution in [0.2, 0.25) is 0 Å². The van der Waals surface area contributed by atoms with Crippen LogP contribution in [0.3, 0.4) is 0 Å². The van der Waals surface area contributed by atoms with Crippen LogP contribution in [0.15, 0.2) is 30.3 Å². The standard InChI is InChI=1S/C21H28N4O4/c22-18(26)16-12-21(16)11-15(20(28)29)17(23-13-21)19(27)25-8-4-7-24(9-10-25)14-5-2-1-3-6-14/h1-3,5-6,15-17,23H,4,7-13H2,(H2,22,26)(H,28,29). The Hall–Kier alpha value is -2.61. The number of benzene rings is 1. The normalized spacial score (nSPS) is 31.9. The van der Waals surface area contributed by atoms with E-state index in [2.05, 4.69) is 22.3 Å². The molecule has 3 fully saturated rings. The van der Waals surface area contributed by atoms with Gasteiger partial charge in [0.25, 0.3) is 0 Å². The second-order valence-electron chi connectivity index (χ2n) is 8.53. The van der Waals surface area contributed by atoms with Gasteiger partial charge >= 0.3 is 5.97 Å². The second kappa shape index (κ2) is 7.67. The first-order valence-corrected chi connectivity index (χ1v) is 10.3. The molecule has 4 N–H and O–H groups in total. The van der Waals surface area contributed by atoms with Crippen molar-refractivity contribution >= 4 is 23.5 Å². The lowest BCUT2D eigenvalue weighted by atomic mass is 9.80. The van der Waals surface area contributed by atoms with E-state index in [4.69, 9.17) is 5.73 Å². The Bertz CT molecular complexity index is 801. The summed E-state index contributed by atoms with van der Waals surface area (Å²) in [4.78, 5) is 40.7. The number of primary amides is 1. The number of carboxylic acid groups (broad SMARTS) is 1. The van der Waals surface area contributed by atoms with Gasteiger partial charge in [-0.1, -0.05) is 18.2 Å². The number of amides is 2. The Labute approximate surface area is 170 Å². The molecule has 8 heteroatoms. The van der Waals surface area contributed by atoms with Crippen molar-refractivity contribution in [2.75, 3.05) is 37.6 Å². The van der Waals surface area contributed by atoms with E-state index in [1.807, 2.05) is 18.2 Å². The van der Waals surface area contributed by atoms with Crippen LogP contribution < -0.4 is 16.0 Å². The molecule has 29 heavy (non-hydrogen) atoms. The highest BCUT2D eigenvalue weighted by Crippen LogP contribution is 2.58. The SMILES string of the molecule is NC(=O)C1CC12CNC(C(=O)N1CCCN(c3ccccc3)CC1)C(C(=O)O)C2. The molecule has 0 radical (unpaired) electrons. The summed E-state index contributed by atoms with van der Waals surface area (Å²) in [7, 11) is 0. The predicted molar refractivity (Wildman–Crippen MR) is 107 cm³/mol. The first-order chi connectivity index (χ1) is 13.9. The van der Waals surface area contributed by atoms with E-state index < -0.39 is 23.3 Å². The van der Waals surface area contributed by atoms with Gasteiger partial charge in [-0.2, -0.15) is 0 Å². The molecule has 8 nitrogen and oxygen atoms in total. The van der Waals surface area contributed by atoms with Crippen molar-refractivity contribution in [3.63, 3.8) is 0 Å². The van der Waals surface area contributed by atoms with Crippen LogP contribution in [0.1, 0.15) is 19.3 Å². The van der Waals surface area contributed by atoms with Gasteiger partial charge in [-0.15, -0.1) is 0 Å². The molecule has 4 rings (SSSR count). The summed E-state index contributed by atoms with van der Waals surface area (Å²) in [6.07, 6.45) is 1.76. The van der Waals surface area contributed by atoms with E-state index in [9.17, 15) is 19.5 Å². The summed E-state index contributed by atoms with van der Waals surface area (Å²) in [5.41, 5.74) is 6.16. The number of nitrogens with one attached hydrogen (secondary N) is 1. The van der Waals surface area contributed by atoms with E-state index in [0.29, 0.717) is 39.0 Å². The molecule has 2 saturated heterocycles. The molecular formula is C21H28N4O4. The third-order valence-corrected chi connectivity index (χ3v) is 6.75. The Kier molecular flexibility index (Phi) is 5.21. The molecule has 0 bridgehead atoms. The smallest absolute Gasteiger partial charge is 0.308 e. The molecule has 1 aromatic rings. The fraction of sp³-hybridized carbons (Fsp3) is 0.571. The van der Waals surface area contributed by atoms with Crippen molar-refractivity contribution in [1.29, 1.82) is 0 Å². The molecule has 156 valence electrons. The quantitative estimate of drug-likeness (QED) is 0.669. The molecule has 1 spiro atoms. The number of hydrogen-bond donors (Lipinski definition) is 3. The average Bonchev–Trinajstić information content (AvgIpc) is 3.47. The minimum absolute atomic E-state index is 0.154. The molecule has 4 atom stereocenters. The molecule has 1 aromatic carbocycles. The third kappa shape index (κ3) is 3.81. The summed E-state index contributed by atoms with van der Waals surface area (Å²) < 4.78 is 0. The Morgan fingerprint density at radius 1 is 1.07 bits per heavy atom. The molecular weight excluding hydrogens is 372 g/mol. The van der Waals surface area contributed by atoms with Crippen molar-refractivity contribution in [1.82, 2.24) is 10.2 Å². The number of piperidine rings is 1. The van der Waals surface area contributed by atoms with Crippen LogP contribution >= 0.6 is 0 Å². The fourth-order valence-corrected chi connectivity index (χ4v) is 4.98. The van der Waals surface area contributed by atoms with E-state index in [-0.39, 0.29) is 17.7 Å². The lowest BCUT2D eigenvalue weighted by molar-refractivity contribution is -0.150. The van der Waals surface area contributed by atoms with E-state index in [1.165, 1.54) is 0 Å². The van der Waals surface area contributed by atoms with E-state index >= 15 is 0 Å². The molecule has 4 unspecified atom stereocenters. The highest BCUT2D eigenvalue weighted by Gasteiger charge is 2.62. The topological polar surface area (TPSA) is 116 Å². The molecule has 2 aliphatic heterocycles. The molecule has 1 aliphatic carbocycles. The maximum absolute atomic E-state index is 13.2. The minimum atomic E-state index is -0.995. The van der Waals surface area contributed by atoms with Crippen LogP contribution in [0.4, 0.5) is 5.69 Å². The number of anilines is 1. The third-order valence-electron chi connectivity index (χ3n) is 6.75. The zero-order chi connectivity index (χ0) is 20.6. The largest absolute Gasteiger partial charge is 0.481 e. The lowest BCUT2D eigenvalue weighted by Gasteiger charge is -2.37. The number of carbonyl (C=O) groups is 3. The van der Waals surface area contributed by atoms with Crippen LogP contribution in [0.5, 0.6) is 0 Å². The number of para-hydroxylation sites is 1. The van der Waals surface area contributed by atoms with Crippen LogP contribution in [-0.2, 0) is 14.4 Å². The van der Waals surface area contributed by atoms with Crippen LogP contribution in [-0.4, -0.2) is 66.6 Å². The Balaban J connectivity index is 1.42. The van der Waals surface area contributed by atoms with Gasteiger partial charge in [-0.05, 0) is 36.8 Å². The van der Waals surface area contributed by atoms with E-state index in [1.54, 1.807) is 4.90 Å². The number of carboxylic acids is 1.